The Kier molecular flexibility index (Phi) is 5.60. The summed E-state index contributed by atoms with van der Waals surface area (Å²) < 4.78 is 4.22. The van der Waals surface area contributed by atoms with Crippen LogP contribution in [0.5, 0.6) is 0 Å². The van der Waals surface area contributed by atoms with Crippen molar-refractivity contribution in [3.05, 3.63) is 0 Å². The van der Waals surface area contributed by atoms with Crippen LogP contribution in [0, 0.1) is 11.8 Å². The Morgan fingerprint density at radius 3 is 1.24 bits per heavy atom. The van der Waals surface area contributed by atoms with Gasteiger partial charge in [0.05, 0.1) is 11.8 Å². The summed E-state index contributed by atoms with van der Waals surface area (Å²) in [6, 6.07) is 0. The summed E-state index contributed by atoms with van der Waals surface area (Å²) in [7, 11) is 0. The van der Waals surface area contributed by atoms with Gasteiger partial charge in [-0.2, -0.15) is 0 Å². The predicted molar refractivity (Wildman–Crippen MR) is 65.9 cm³/mol. The molecule has 120 valence electrons. The minimum absolute atomic E-state index is 0.830. The van der Waals surface area contributed by atoms with Crippen molar-refractivity contribution in [3.63, 3.8) is 0 Å². The Balaban J connectivity index is 5.14. The fraction of sp³-hybridized carbons (Fsp3) is 0.667. The molecule has 9 heteroatoms. The maximum atomic E-state index is 11.6. The normalized spacial score (nSPS) is 19.5. The van der Waals surface area contributed by atoms with Gasteiger partial charge in [0.25, 0.3) is 0 Å². The lowest BCUT2D eigenvalue weighted by Crippen LogP contribution is -2.52. The highest BCUT2D eigenvalue weighted by Crippen LogP contribution is 2.23. The molecule has 0 aliphatic carbocycles. The van der Waals surface area contributed by atoms with Crippen LogP contribution < -0.4 is 0 Å². The third-order valence-electron chi connectivity index (χ3n) is 3.44. The van der Waals surface area contributed by atoms with E-state index in [2.05, 4.69) is 4.74 Å². The minimum Gasteiger partial charge on any atom is -0.481 e. The Labute approximate surface area is 120 Å². The smallest absolute Gasteiger partial charge is 0.346 e. The minimum atomic E-state index is -2.52. The summed E-state index contributed by atoms with van der Waals surface area (Å²) in [5.41, 5.74) is -5.05. The number of ether oxygens (including phenoxy) is 1. The van der Waals surface area contributed by atoms with Crippen molar-refractivity contribution in [3.8, 4) is 0 Å². The Morgan fingerprint density at radius 1 is 0.810 bits per heavy atom. The van der Waals surface area contributed by atoms with Crippen molar-refractivity contribution in [2.24, 2.45) is 11.8 Å². The second-order valence-corrected chi connectivity index (χ2v) is 5.09. The largest absolute Gasteiger partial charge is 0.481 e. The van der Waals surface area contributed by atoms with Crippen molar-refractivity contribution in [2.75, 3.05) is 0 Å². The molecule has 0 heterocycles. The topological polar surface area (TPSA) is 158 Å². The first kappa shape index (κ1) is 19.0. The zero-order chi connectivity index (χ0) is 17.2. The molecule has 0 aromatic rings. The predicted octanol–water partition coefficient (Wildman–Crippen LogP) is -1.00. The van der Waals surface area contributed by atoms with Crippen molar-refractivity contribution in [2.45, 2.75) is 38.9 Å². The maximum Gasteiger partial charge on any atom is 0.346 e. The van der Waals surface area contributed by atoms with Gasteiger partial charge in [0.2, 0.25) is 0 Å². The molecule has 0 amide bonds. The van der Waals surface area contributed by atoms with Gasteiger partial charge >= 0.3 is 23.9 Å². The summed E-state index contributed by atoms with van der Waals surface area (Å²) in [4.78, 5) is 44.8. The van der Waals surface area contributed by atoms with E-state index in [1.807, 2.05) is 0 Å². The molecule has 0 fully saturated rings. The number of carboxylic acid groups (broad SMARTS) is 2. The van der Waals surface area contributed by atoms with Crippen LogP contribution in [0.3, 0.4) is 0 Å². The molecule has 0 bridgehead atoms. The molecule has 4 N–H and O–H groups in total. The first-order valence-electron chi connectivity index (χ1n) is 5.93. The van der Waals surface area contributed by atoms with E-state index in [9.17, 15) is 29.4 Å². The Hall–Kier alpha value is -2.00. The van der Waals surface area contributed by atoms with Gasteiger partial charge in [-0.05, 0) is 27.7 Å². The lowest BCUT2D eigenvalue weighted by Gasteiger charge is -2.28. The van der Waals surface area contributed by atoms with Gasteiger partial charge in [0.15, 0.2) is 11.2 Å². The van der Waals surface area contributed by atoms with Crippen LogP contribution in [0.15, 0.2) is 0 Å². The van der Waals surface area contributed by atoms with Gasteiger partial charge in [0.1, 0.15) is 0 Å². The molecule has 0 saturated carbocycles. The summed E-state index contributed by atoms with van der Waals surface area (Å²) in [5, 5.41) is 37.0. The third-order valence-corrected chi connectivity index (χ3v) is 3.44. The summed E-state index contributed by atoms with van der Waals surface area (Å²) in [5.74, 6) is -9.37. The lowest BCUT2D eigenvalue weighted by atomic mass is 9.89. The number of aliphatic carboxylic acids is 2. The highest BCUT2D eigenvalue weighted by Gasteiger charge is 2.48. The van der Waals surface area contributed by atoms with E-state index in [1.54, 1.807) is 0 Å². The number of hydrogen-bond acceptors (Lipinski definition) is 7. The van der Waals surface area contributed by atoms with Crippen LogP contribution >= 0.6 is 0 Å². The number of carbonyl (C=O) groups is 4. The van der Waals surface area contributed by atoms with E-state index in [4.69, 9.17) is 10.2 Å². The number of rotatable bonds is 6. The quantitative estimate of drug-likeness (QED) is 0.356. The van der Waals surface area contributed by atoms with Gasteiger partial charge in [0, 0.05) is 0 Å². The molecule has 0 aromatic carbocycles. The highest BCUT2D eigenvalue weighted by atomic mass is 16.6. The van der Waals surface area contributed by atoms with Crippen LogP contribution in [0.4, 0.5) is 0 Å². The fourth-order valence-electron chi connectivity index (χ4n) is 1.13. The molecule has 4 atom stereocenters. The SMILES string of the molecule is CC(C(=O)O)C(C)(O)C(=O)OC(=O)C(C)(O)C(C)C(=O)O. The number of esters is 2. The first-order chi connectivity index (χ1) is 9.26. The highest BCUT2D eigenvalue weighted by molar-refractivity contribution is 5.97. The molecule has 0 saturated heterocycles. The molecular weight excluding hydrogens is 288 g/mol. The standard InChI is InChI=1S/C12H18O9/c1-5(7(13)14)11(3,19)9(17)21-10(18)12(4,20)6(2)8(15)16/h5-6,19-20H,1-4H3,(H,13,14)(H,15,16). The van der Waals surface area contributed by atoms with Gasteiger partial charge in [-0.1, -0.05) is 0 Å². The number of hydrogen-bond donors (Lipinski definition) is 4. The Bertz CT molecular complexity index is 421. The van der Waals surface area contributed by atoms with E-state index in [-0.39, 0.29) is 0 Å². The monoisotopic (exact) mass is 306 g/mol. The molecule has 0 rings (SSSR count). The molecule has 0 radical (unpaired) electrons. The number of aliphatic hydroxyl groups is 2. The van der Waals surface area contributed by atoms with Crippen LogP contribution in [-0.2, 0) is 23.9 Å². The van der Waals surface area contributed by atoms with Gasteiger partial charge in [-0.25, -0.2) is 9.59 Å². The van der Waals surface area contributed by atoms with Gasteiger partial charge in [-0.15, -0.1) is 0 Å². The number of carbonyl (C=O) groups excluding carboxylic acids is 2. The molecule has 0 spiro atoms. The van der Waals surface area contributed by atoms with E-state index >= 15 is 0 Å². The molecule has 9 nitrogen and oxygen atoms in total. The van der Waals surface area contributed by atoms with Gasteiger partial charge in [-0.3, -0.25) is 9.59 Å². The number of carboxylic acids is 2. The first-order valence-corrected chi connectivity index (χ1v) is 5.93. The Morgan fingerprint density at radius 2 is 1.05 bits per heavy atom. The third kappa shape index (κ3) is 3.99. The molecule has 0 aromatic heterocycles. The average molecular weight is 306 g/mol. The summed E-state index contributed by atoms with van der Waals surface area (Å²) in [6.45, 7) is 3.70. The van der Waals surface area contributed by atoms with E-state index in [0.717, 1.165) is 27.7 Å². The zero-order valence-electron chi connectivity index (χ0n) is 12.0. The van der Waals surface area contributed by atoms with Crippen molar-refractivity contribution in [1.82, 2.24) is 0 Å². The van der Waals surface area contributed by atoms with Crippen LogP contribution in [-0.4, -0.2) is 55.5 Å². The zero-order valence-corrected chi connectivity index (χ0v) is 12.0. The lowest BCUT2D eigenvalue weighted by molar-refractivity contribution is -0.193. The summed E-state index contributed by atoms with van der Waals surface area (Å²) >= 11 is 0. The molecule has 0 aliphatic heterocycles. The molecule has 4 unspecified atom stereocenters. The van der Waals surface area contributed by atoms with E-state index in [0.29, 0.717) is 0 Å². The second kappa shape index (κ2) is 6.19. The maximum absolute atomic E-state index is 11.6. The van der Waals surface area contributed by atoms with E-state index in [1.165, 1.54) is 0 Å². The van der Waals surface area contributed by atoms with Crippen molar-refractivity contribution < 1.29 is 44.3 Å². The summed E-state index contributed by atoms with van der Waals surface area (Å²) in [6.07, 6.45) is 0. The van der Waals surface area contributed by atoms with Crippen molar-refractivity contribution in [1.29, 1.82) is 0 Å². The molecule has 21 heavy (non-hydrogen) atoms. The van der Waals surface area contributed by atoms with Crippen molar-refractivity contribution >= 4 is 23.9 Å². The fourth-order valence-corrected chi connectivity index (χ4v) is 1.13. The second-order valence-electron chi connectivity index (χ2n) is 5.09. The average Bonchev–Trinajstić information content (AvgIpc) is 2.35. The van der Waals surface area contributed by atoms with Crippen LogP contribution in [0.2, 0.25) is 0 Å². The van der Waals surface area contributed by atoms with E-state index < -0.39 is 46.9 Å². The molecule has 0 aliphatic rings. The van der Waals surface area contributed by atoms with Gasteiger partial charge < -0.3 is 25.2 Å². The van der Waals surface area contributed by atoms with Crippen LogP contribution in [0.1, 0.15) is 27.7 Å². The molecular formula is C12H18O9. The van der Waals surface area contributed by atoms with Crippen LogP contribution in [0.25, 0.3) is 0 Å².